The summed E-state index contributed by atoms with van der Waals surface area (Å²) in [6.45, 7) is 1.46. The van der Waals surface area contributed by atoms with E-state index in [-0.39, 0.29) is 23.9 Å². The standard InChI is InChI=1S/C19H22FN7O/c1-25-7-4-15-13(9-12(20)10-21-15)16-3-2-6-26(16)17-5-8-27-18(23-17)14(11-22-27)19(28)24-25/h5,8-11,16-17,23H,2-4,6-7H2,1H3,(H,24,28). The zero-order valence-electron chi connectivity index (χ0n) is 15.6. The molecule has 0 spiro atoms. The van der Waals surface area contributed by atoms with Crippen LogP contribution >= 0.6 is 0 Å². The van der Waals surface area contributed by atoms with Crippen molar-refractivity contribution in [2.45, 2.75) is 31.5 Å². The highest BCUT2D eigenvalue weighted by molar-refractivity contribution is 5.99. The molecule has 0 aliphatic carbocycles. The van der Waals surface area contributed by atoms with Crippen LogP contribution in [0.5, 0.6) is 0 Å². The van der Waals surface area contributed by atoms with E-state index in [1.165, 1.54) is 6.20 Å². The van der Waals surface area contributed by atoms with Crippen LogP contribution in [0.1, 0.15) is 40.5 Å². The zero-order chi connectivity index (χ0) is 19.3. The minimum atomic E-state index is -0.316. The number of aromatic nitrogens is 3. The van der Waals surface area contributed by atoms with Crippen LogP contribution in [-0.4, -0.2) is 56.9 Å². The number of nitrogens with one attached hydrogen (secondary N) is 2. The Morgan fingerprint density at radius 1 is 1.29 bits per heavy atom. The predicted molar refractivity (Wildman–Crippen MR) is 102 cm³/mol. The number of rotatable bonds is 0. The molecule has 2 bridgehead atoms. The van der Waals surface area contributed by atoms with Gasteiger partial charge in [0.1, 0.15) is 23.4 Å². The lowest BCUT2D eigenvalue weighted by Crippen LogP contribution is -2.42. The molecule has 3 aliphatic rings. The monoisotopic (exact) mass is 383 g/mol. The van der Waals surface area contributed by atoms with Crippen molar-refractivity contribution in [1.29, 1.82) is 0 Å². The van der Waals surface area contributed by atoms with Gasteiger partial charge < -0.3 is 5.32 Å². The third-order valence-electron chi connectivity index (χ3n) is 5.69. The Kier molecular flexibility index (Phi) is 4.13. The van der Waals surface area contributed by atoms with Gasteiger partial charge >= 0.3 is 0 Å². The van der Waals surface area contributed by atoms with Gasteiger partial charge in [-0.25, -0.2) is 14.1 Å². The van der Waals surface area contributed by atoms with Crippen LogP contribution in [0.4, 0.5) is 10.2 Å². The number of pyridine rings is 1. The van der Waals surface area contributed by atoms with Gasteiger partial charge in [-0.05, 0) is 30.5 Å². The first kappa shape index (κ1) is 17.3. The Hall–Kier alpha value is -2.78. The Labute approximate surface area is 162 Å². The lowest BCUT2D eigenvalue weighted by molar-refractivity contribution is 0.0830. The fourth-order valence-corrected chi connectivity index (χ4v) is 4.33. The van der Waals surface area contributed by atoms with Gasteiger partial charge in [0.15, 0.2) is 0 Å². The van der Waals surface area contributed by atoms with E-state index in [1.807, 2.05) is 19.3 Å². The van der Waals surface area contributed by atoms with Gasteiger partial charge in [0.05, 0.1) is 12.4 Å². The molecular weight excluding hydrogens is 361 g/mol. The quantitative estimate of drug-likeness (QED) is 0.720. The van der Waals surface area contributed by atoms with E-state index in [0.29, 0.717) is 24.3 Å². The van der Waals surface area contributed by atoms with Gasteiger partial charge in [0.25, 0.3) is 5.91 Å². The van der Waals surface area contributed by atoms with E-state index < -0.39 is 0 Å². The minimum Gasteiger partial charge on any atom is -0.350 e. The van der Waals surface area contributed by atoms with Crippen LogP contribution in [0, 0.1) is 5.82 Å². The molecule has 8 nitrogen and oxygen atoms in total. The number of hydrazine groups is 1. The molecule has 28 heavy (non-hydrogen) atoms. The second kappa shape index (κ2) is 6.68. The Bertz CT molecular complexity index is 956. The van der Waals surface area contributed by atoms with Crippen molar-refractivity contribution in [3.8, 4) is 0 Å². The maximum Gasteiger partial charge on any atom is 0.270 e. The van der Waals surface area contributed by atoms with Gasteiger partial charge in [-0.3, -0.25) is 20.1 Å². The minimum absolute atomic E-state index is 0.0768. The number of carbonyl (C=O) groups excluding carboxylic acids is 1. The largest absolute Gasteiger partial charge is 0.350 e. The van der Waals surface area contributed by atoms with Gasteiger partial charge in [-0.2, -0.15) is 5.10 Å². The summed E-state index contributed by atoms with van der Waals surface area (Å²) in [6, 6.07) is 1.69. The topological polar surface area (TPSA) is 78.3 Å². The van der Waals surface area contributed by atoms with Crippen LogP contribution in [0.25, 0.3) is 6.20 Å². The van der Waals surface area contributed by atoms with Crippen LogP contribution in [-0.2, 0) is 6.42 Å². The van der Waals surface area contributed by atoms with E-state index in [9.17, 15) is 9.18 Å². The average molecular weight is 383 g/mol. The Balaban J connectivity index is 1.60. The van der Waals surface area contributed by atoms with Crippen LogP contribution in [0.3, 0.4) is 0 Å². The zero-order valence-corrected chi connectivity index (χ0v) is 15.6. The predicted octanol–water partition coefficient (Wildman–Crippen LogP) is 1.61. The molecule has 5 heterocycles. The summed E-state index contributed by atoms with van der Waals surface area (Å²) in [5.74, 6) is 0.139. The van der Waals surface area contributed by atoms with E-state index >= 15 is 0 Å². The van der Waals surface area contributed by atoms with Crippen LogP contribution < -0.4 is 10.7 Å². The number of anilines is 1. The Morgan fingerprint density at radius 3 is 3.07 bits per heavy atom. The fraction of sp³-hybridized carbons (Fsp3) is 0.421. The molecule has 5 rings (SSSR count). The van der Waals surface area contributed by atoms with E-state index in [0.717, 1.165) is 30.6 Å². The summed E-state index contributed by atoms with van der Waals surface area (Å²) < 4.78 is 15.7. The van der Waals surface area contributed by atoms with Crippen molar-refractivity contribution >= 4 is 17.9 Å². The average Bonchev–Trinajstić information content (AvgIpc) is 3.32. The maximum atomic E-state index is 14.1. The molecule has 0 aromatic carbocycles. The van der Waals surface area contributed by atoms with Crippen molar-refractivity contribution < 1.29 is 9.18 Å². The van der Waals surface area contributed by atoms with Crippen molar-refractivity contribution in [3.63, 3.8) is 0 Å². The number of hydrogen-bond acceptors (Lipinski definition) is 6. The number of carbonyl (C=O) groups is 1. The third kappa shape index (κ3) is 2.87. The SMILES string of the molecule is CN1CCc2ncc(F)cc2C2CCCN2C2C=Cn3ncc(c3N2)C(=O)N1. The van der Waals surface area contributed by atoms with Crippen molar-refractivity contribution in [2.75, 3.05) is 25.5 Å². The highest BCUT2D eigenvalue weighted by atomic mass is 19.1. The maximum absolute atomic E-state index is 14.1. The van der Waals surface area contributed by atoms with Crippen LogP contribution in [0.15, 0.2) is 24.5 Å². The van der Waals surface area contributed by atoms with Crippen LogP contribution in [0.2, 0.25) is 0 Å². The van der Waals surface area contributed by atoms with E-state index in [1.54, 1.807) is 22.0 Å². The molecule has 2 N–H and O–H groups in total. The smallest absolute Gasteiger partial charge is 0.270 e. The molecule has 2 unspecified atom stereocenters. The summed E-state index contributed by atoms with van der Waals surface area (Å²) in [4.78, 5) is 19.4. The molecule has 3 aliphatic heterocycles. The van der Waals surface area contributed by atoms with Crippen molar-refractivity contribution in [2.24, 2.45) is 0 Å². The highest BCUT2D eigenvalue weighted by Gasteiger charge is 2.35. The number of fused-ring (bicyclic) bond motifs is 5. The summed E-state index contributed by atoms with van der Waals surface area (Å²) in [6.07, 6.45) is 9.25. The molecule has 146 valence electrons. The molecule has 2 aromatic heterocycles. The Morgan fingerprint density at radius 2 is 2.18 bits per heavy atom. The number of hydrogen-bond donors (Lipinski definition) is 2. The third-order valence-corrected chi connectivity index (χ3v) is 5.69. The van der Waals surface area contributed by atoms with Gasteiger partial charge in [-0.15, -0.1) is 0 Å². The lowest BCUT2D eigenvalue weighted by atomic mass is 10.00. The van der Waals surface area contributed by atoms with E-state index in [4.69, 9.17) is 0 Å². The van der Waals surface area contributed by atoms with Crippen molar-refractivity contribution in [1.82, 2.24) is 30.1 Å². The fourth-order valence-electron chi connectivity index (χ4n) is 4.33. The molecular formula is C19H22FN7O. The second-order valence-corrected chi connectivity index (χ2v) is 7.48. The second-order valence-electron chi connectivity index (χ2n) is 7.48. The molecule has 0 radical (unpaired) electrons. The number of nitrogens with zero attached hydrogens (tertiary/aromatic N) is 5. The molecule has 2 aromatic rings. The number of amides is 1. The molecule has 2 atom stereocenters. The highest BCUT2D eigenvalue weighted by Crippen LogP contribution is 2.37. The normalized spacial score (nSPS) is 25.0. The molecule has 1 amide bonds. The van der Waals surface area contributed by atoms with Gasteiger partial charge in [-0.1, -0.05) is 0 Å². The molecule has 0 saturated carbocycles. The molecule has 1 saturated heterocycles. The first-order chi connectivity index (χ1) is 13.6. The number of halogens is 1. The molecule has 1 fully saturated rings. The van der Waals surface area contributed by atoms with Gasteiger partial charge in [0, 0.05) is 44.5 Å². The summed E-state index contributed by atoms with van der Waals surface area (Å²) in [7, 11) is 1.81. The number of likely N-dealkylation sites (N-methyl/N-ethyl adjacent to an activating group) is 1. The first-order valence-electron chi connectivity index (χ1n) is 9.55. The summed E-state index contributed by atoms with van der Waals surface area (Å²) >= 11 is 0. The molecule has 9 heteroatoms. The van der Waals surface area contributed by atoms with Crippen molar-refractivity contribution in [3.05, 3.63) is 47.2 Å². The first-order valence-corrected chi connectivity index (χ1v) is 9.55. The summed E-state index contributed by atoms with van der Waals surface area (Å²) in [5, 5.41) is 9.46. The van der Waals surface area contributed by atoms with Gasteiger partial charge in [0.2, 0.25) is 0 Å². The summed E-state index contributed by atoms with van der Waals surface area (Å²) in [5.41, 5.74) is 5.19. The lowest BCUT2D eigenvalue weighted by Gasteiger charge is -2.34. The van der Waals surface area contributed by atoms with E-state index in [2.05, 4.69) is 25.7 Å².